The van der Waals surface area contributed by atoms with Crippen molar-refractivity contribution in [2.45, 2.75) is 11.3 Å². The van der Waals surface area contributed by atoms with Crippen LogP contribution in [0.5, 0.6) is 0 Å². The molecule has 0 bridgehead atoms. The Bertz CT molecular complexity index is 489. The Kier molecular flexibility index (Phi) is 7.36. The molecule has 0 atom stereocenters. The fraction of sp³-hybridized carbons (Fsp3) is 0.538. The summed E-state index contributed by atoms with van der Waals surface area (Å²) in [5, 5.41) is 0. The molecule has 0 aliphatic heterocycles. The third-order valence-electron chi connectivity index (χ3n) is 2.79. The quantitative estimate of drug-likeness (QED) is 0.426. The van der Waals surface area contributed by atoms with Crippen molar-refractivity contribution >= 4 is 27.5 Å². The number of anilines is 1. The number of sulfonamides is 1. The van der Waals surface area contributed by atoms with E-state index in [1.165, 1.54) is 16.1 Å². The predicted molar refractivity (Wildman–Crippen MR) is 84.5 cm³/mol. The smallest absolute Gasteiger partial charge is 0.214 e. The van der Waals surface area contributed by atoms with E-state index in [1.807, 2.05) is 24.3 Å². The minimum absolute atomic E-state index is 0.130. The molecule has 5 nitrogen and oxygen atoms in total. The largest absolute Gasteiger partial charge is 0.399 e. The molecule has 0 aromatic heterocycles. The van der Waals surface area contributed by atoms with E-state index in [4.69, 9.17) is 10.5 Å². The molecule has 0 aliphatic carbocycles. The van der Waals surface area contributed by atoms with Crippen LogP contribution in [0.1, 0.15) is 6.42 Å². The maximum Gasteiger partial charge on any atom is 0.214 e. The van der Waals surface area contributed by atoms with Gasteiger partial charge in [-0.2, -0.15) is 0 Å². The first-order valence-corrected chi connectivity index (χ1v) is 8.96. The summed E-state index contributed by atoms with van der Waals surface area (Å²) in [5.74, 6) is 0.659. The van der Waals surface area contributed by atoms with Crippen LogP contribution in [0.4, 0.5) is 5.69 Å². The van der Waals surface area contributed by atoms with Gasteiger partial charge < -0.3 is 10.5 Å². The number of ether oxygens (including phenoxy) is 1. The van der Waals surface area contributed by atoms with Crippen LogP contribution in [0, 0.1) is 0 Å². The van der Waals surface area contributed by atoms with Crippen molar-refractivity contribution in [1.29, 1.82) is 0 Å². The highest BCUT2D eigenvalue weighted by molar-refractivity contribution is 8.00. The first-order chi connectivity index (χ1) is 9.45. The lowest BCUT2D eigenvalue weighted by Crippen LogP contribution is -2.31. The maximum atomic E-state index is 12.0. The normalized spacial score (nSPS) is 11.9. The van der Waals surface area contributed by atoms with E-state index in [0.717, 1.165) is 4.90 Å². The highest BCUT2D eigenvalue weighted by Crippen LogP contribution is 2.19. The molecule has 0 saturated carbocycles. The molecule has 0 fully saturated rings. The summed E-state index contributed by atoms with van der Waals surface area (Å²) in [4.78, 5) is 1.02. The fourth-order valence-corrected chi connectivity index (χ4v) is 4.01. The molecule has 114 valence electrons. The molecule has 0 amide bonds. The van der Waals surface area contributed by atoms with Gasteiger partial charge in [-0.05, 0) is 30.7 Å². The van der Waals surface area contributed by atoms with Gasteiger partial charge >= 0.3 is 0 Å². The number of hydrogen-bond acceptors (Lipinski definition) is 5. The predicted octanol–water partition coefficient (Wildman–Crippen LogP) is 1.66. The van der Waals surface area contributed by atoms with Gasteiger partial charge in [-0.25, -0.2) is 12.7 Å². The molecule has 20 heavy (non-hydrogen) atoms. The molecule has 1 aromatic rings. The number of nitrogens with two attached hydrogens (primary N) is 1. The molecule has 0 saturated heterocycles. The van der Waals surface area contributed by atoms with Crippen molar-refractivity contribution in [2.75, 3.05) is 44.5 Å². The summed E-state index contributed by atoms with van der Waals surface area (Å²) in [6.07, 6.45) is 0.706. The molecule has 0 heterocycles. The van der Waals surface area contributed by atoms with Gasteiger partial charge in [0.05, 0.1) is 5.75 Å². The van der Waals surface area contributed by atoms with Crippen LogP contribution in [0.15, 0.2) is 29.2 Å². The topological polar surface area (TPSA) is 72.6 Å². The monoisotopic (exact) mass is 318 g/mol. The Hall–Kier alpha value is -0.760. The van der Waals surface area contributed by atoms with E-state index in [1.54, 1.807) is 14.2 Å². The van der Waals surface area contributed by atoms with Crippen molar-refractivity contribution in [3.8, 4) is 0 Å². The SMILES string of the molecule is COCCCN(C)S(=O)(=O)CCSc1ccc(N)cc1. The summed E-state index contributed by atoms with van der Waals surface area (Å²) in [6, 6.07) is 7.42. The van der Waals surface area contributed by atoms with Crippen LogP contribution in [0.2, 0.25) is 0 Å². The number of methoxy groups -OCH3 is 1. The summed E-state index contributed by atoms with van der Waals surface area (Å²) in [6.45, 7) is 1.06. The average molecular weight is 318 g/mol. The molecular weight excluding hydrogens is 296 g/mol. The number of rotatable bonds is 9. The van der Waals surface area contributed by atoms with Gasteiger partial charge in [-0.15, -0.1) is 11.8 Å². The lowest BCUT2D eigenvalue weighted by Gasteiger charge is -2.16. The standard InChI is InChI=1S/C13H22N2O3S2/c1-15(8-3-9-18-2)20(16,17)11-10-19-13-6-4-12(14)5-7-13/h4-7H,3,8-11,14H2,1-2H3. The second-order valence-electron chi connectivity index (χ2n) is 4.40. The Balaban J connectivity index is 2.37. The van der Waals surface area contributed by atoms with E-state index in [0.29, 0.717) is 31.0 Å². The van der Waals surface area contributed by atoms with Crippen molar-refractivity contribution in [3.63, 3.8) is 0 Å². The van der Waals surface area contributed by atoms with Gasteiger partial charge in [0.2, 0.25) is 10.0 Å². The van der Waals surface area contributed by atoms with Crippen LogP contribution in [0.25, 0.3) is 0 Å². The maximum absolute atomic E-state index is 12.0. The van der Waals surface area contributed by atoms with Crippen LogP contribution < -0.4 is 5.73 Å². The van der Waals surface area contributed by atoms with Gasteiger partial charge in [-0.3, -0.25) is 0 Å². The first-order valence-electron chi connectivity index (χ1n) is 6.37. The highest BCUT2D eigenvalue weighted by atomic mass is 32.2. The molecule has 0 aliphatic rings. The zero-order chi connectivity index (χ0) is 15.0. The number of hydrogen-bond donors (Lipinski definition) is 1. The van der Waals surface area contributed by atoms with Crippen molar-refractivity contribution in [2.24, 2.45) is 0 Å². The lowest BCUT2D eigenvalue weighted by molar-refractivity contribution is 0.189. The Morgan fingerprint density at radius 1 is 1.30 bits per heavy atom. The Morgan fingerprint density at radius 3 is 2.55 bits per heavy atom. The molecular formula is C13H22N2O3S2. The second-order valence-corrected chi connectivity index (χ2v) is 7.77. The average Bonchev–Trinajstić information content (AvgIpc) is 2.41. The molecule has 2 N–H and O–H groups in total. The summed E-state index contributed by atoms with van der Waals surface area (Å²) in [7, 11) is 0.0321. The van der Waals surface area contributed by atoms with Crippen molar-refractivity contribution in [3.05, 3.63) is 24.3 Å². The van der Waals surface area contributed by atoms with Crippen LogP contribution >= 0.6 is 11.8 Å². The summed E-state index contributed by atoms with van der Waals surface area (Å²) >= 11 is 1.52. The van der Waals surface area contributed by atoms with E-state index >= 15 is 0 Å². The summed E-state index contributed by atoms with van der Waals surface area (Å²) < 4.78 is 30.4. The van der Waals surface area contributed by atoms with Crippen LogP contribution in [-0.4, -0.2) is 51.5 Å². The van der Waals surface area contributed by atoms with Gasteiger partial charge in [0, 0.05) is 43.6 Å². The lowest BCUT2D eigenvalue weighted by atomic mass is 10.3. The highest BCUT2D eigenvalue weighted by Gasteiger charge is 2.16. The van der Waals surface area contributed by atoms with E-state index in [2.05, 4.69) is 0 Å². The second kappa shape index (κ2) is 8.51. The Morgan fingerprint density at radius 2 is 1.95 bits per heavy atom. The van der Waals surface area contributed by atoms with E-state index < -0.39 is 10.0 Å². The van der Waals surface area contributed by atoms with Crippen molar-refractivity contribution in [1.82, 2.24) is 4.31 Å². The third kappa shape index (κ3) is 6.13. The molecule has 0 spiro atoms. The van der Waals surface area contributed by atoms with Gasteiger partial charge in [0.1, 0.15) is 0 Å². The van der Waals surface area contributed by atoms with Gasteiger partial charge in [-0.1, -0.05) is 0 Å². The minimum Gasteiger partial charge on any atom is -0.399 e. The molecule has 0 unspecified atom stereocenters. The number of benzene rings is 1. The number of thioether (sulfide) groups is 1. The number of nitrogens with zero attached hydrogens (tertiary/aromatic N) is 1. The van der Waals surface area contributed by atoms with E-state index in [-0.39, 0.29) is 5.75 Å². The molecule has 7 heteroatoms. The zero-order valence-electron chi connectivity index (χ0n) is 11.9. The first kappa shape index (κ1) is 17.3. The van der Waals surface area contributed by atoms with Crippen LogP contribution in [-0.2, 0) is 14.8 Å². The third-order valence-corrected chi connectivity index (χ3v) is 5.91. The van der Waals surface area contributed by atoms with Gasteiger partial charge in [0.15, 0.2) is 0 Å². The summed E-state index contributed by atoms with van der Waals surface area (Å²) in [5.41, 5.74) is 6.31. The number of nitrogen functional groups attached to an aromatic ring is 1. The fourth-order valence-electron chi connectivity index (χ4n) is 1.56. The van der Waals surface area contributed by atoms with E-state index in [9.17, 15) is 8.42 Å². The molecule has 0 radical (unpaired) electrons. The molecule has 1 rings (SSSR count). The minimum atomic E-state index is -3.19. The Labute approximate surface area is 125 Å². The molecule has 1 aromatic carbocycles. The van der Waals surface area contributed by atoms with Gasteiger partial charge in [0.25, 0.3) is 0 Å². The van der Waals surface area contributed by atoms with Crippen LogP contribution in [0.3, 0.4) is 0 Å². The zero-order valence-corrected chi connectivity index (χ0v) is 13.5. The van der Waals surface area contributed by atoms with Crippen molar-refractivity contribution < 1.29 is 13.2 Å².